The van der Waals surface area contributed by atoms with Crippen molar-refractivity contribution in [3.8, 4) is 0 Å². The minimum absolute atomic E-state index is 0.899. The average Bonchev–Trinajstić information content (AvgIpc) is 2.44. The second kappa shape index (κ2) is 7.97. The van der Waals surface area contributed by atoms with E-state index in [1.165, 1.54) is 5.56 Å². The highest BCUT2D eigenvalue weighted by Gasteiger charge is 2.15. The van der Waals surface area contributed by atoms with Gasteiger partial charge in [0, 0.05) is 50.3 Å². The molecule has 106 valence electrons. The van der Waals surface area contributed by atoms with Crippen LogP contribution < -0.4 is 10.7 Å². The molecule has 1 heterocycles. The van der Waals surface area contributed by atoms with Crippen molar-refractivity contribution in [1.82, 2.24) is 20.7 Å². The van der Waals surface area contributed by atoms with Crippen molar-refractivity contribution < 1.29 is 0 Å². The fourth-order valence-corrected chi connectivity index (χ4v) is 2.70. The van der Waals surface area contributed by atoms with Crippen molar-refractivity contribution in [1.29, 1.82) is 0 Å². The molecule has 0 amide bonds. The van der Waals surface area contributed by atoms with Gasteiger partial charge in [0.05, 0.1) is 0 Å². The molecular weight excluding hydrogens is 304 g/mol. The minimum Gasteiger partial charge on any atom is -0.318 e. The second-order valence-electron chi connectivity index (χ2n) is 4.90. The van der Waals surface area contributed by atoms with Gasteiger partial charge in [0.25, 0.3) is 0 Å². The molecule has 0 spiro atoms. The van der Waals surface area contributed by atoms with E-state index < -0.39 is 0 Å². The molecule has 1 saturated heterocycles. The first kappa shape index (κ1) is 14.9. The lowest BCUT2D eigenvalue weighted by atomic mass is 10.2. The Kier molecular flexibility index (Phi) is 6.26. The molecule has 1 aromatic rings. The highest BCUT2D eigenvalue weighted by molar-refractivity contribution is 9.10. The Bertz CT molecular complexity index is 377. The molecule has 1 aliphatic heterocycles. The van der Waals surface area contributed by atoms with E-state index in [1.807, 2.05) is 7.05 Å². The van der Waals surface area contributed by atoms with Gasteiger partial charge in [-0.2, -0.15) is 0 Å². The monoisotopic (exact) mass is 326 g/mol. The molecule has 5 heteroatoms. The third kappa shape index (κ3) is 5.20. The Hall–Kier alpha value is -0.460. The standard InChI is InChI=1S/C14H23BrN4/c1-16-5-6-18-7-9-19(10-8-18)17-12-13-3-2-4-14(15)11-13/h2-4,11,16-17H,5-10,12H2,1H3. The van der Waals surface area contributed by atoms with Crippen LogP contribution in [-0.2, 0) is 6.54 Å². The maximum atomic E-state index is 3.51. The van der Waals surface area contributed by atoms with Crippen LogP contribution in [0.1, 0.15) is 5.56 Å². The molecule has 19 heavy (non-hydrogen) atoms. The predicted molar refractivity (Wildman–Crippen MR) is 82.9 cm³/mol. The number of nitrogens with one attached hydrogen (secondary N) is 2. The Labute approximate surface area is 124 Å². The summed E-state index contributed by atoms with van der Waals surface area (Å²) in [6.07, 6.45) is 0. The summed E-state index contributed by atoms with van der Waals surface area (Å²) < 4.78 is 1.14. The van der Waals surface area contributed by atoms with Crippen LogP contribution in [0.25, 0.3) is 0 Å². The van der Waals surface area contributed by atoms with Crippen LogP contribution in [0.15, 0.2) is 28.7 Å². The summed E-state index contributed by atoms with van der Waals surface area (Å²) in [6.45, 7) is 7.60. The predicted octanol–water partition coefficient (Wildman–Crippen LogP) is 1.29. The molecule has 2 N–H and O–H groups in total. The lowest BCUT2D eigenvalue weighted by molar-refractivity contribution is 0.0882. The van der Waals surface area contributed by atoms with Gasteiger partial charge in [-0.1, -0.05) is 28.1 Å². The Morgan fingerprint density at radius 3 is 2.68 bits per heavy atom. The molecule has 1 aromatic carbocycles. The van der Waals surface area contributed by atoms with Crippen LogP contribution >= 0.6 is 15.9 Å². The molecule has 1 fully saturated rings. The number of nitrogens with zero attached hydrogens (tertiary/aromatic N) is 2. The zero-order valence-corrected chi connectivity index (χ0v) is 13.1. The van der Waals surface area contributed by atoms with Crippen LogP contribution in [0.2, 0.25) is 0 Å². The van der Waals surface area contributed by atoms with E-state index in [4.69, 9.17) is 0 Å². The van der Waals surface area contributed by atoms with Gasteiger partial charge < -0.3 is 5.32 Å². The number of piperazine rings is 1. The van der Waals surface area contributed by atoms with Gasteiger partial charge >= 0.3 is 0 Å². The number of benzene rings is 1. The highest BCUT2D eigenvalue weighted by Crippen LogP contribution is 2.11. The quantitative estimate of drug-likeness (QED) is 0.824. The van der Waals surface area contributed by atoms with Gasteiger partial charge in [0.2, 0.25) is 0 Å². The summed E-state index contributed by atoms with van der Waals surface area (Å²) in [7, 11) is 2.01. The summed E-state index contributed by atoms with van der Waals surface area (Å²) >= 11 is 3.51. The molecule has 0 unspecified atom stereocenters. The van der Waals surface area contributed by atoms with Crippen molar-refractivity contribution in [3.63, 3.8) is 0 Å². The van der Waals surface area contributed by atoms with E-state index >= 15 is 0 Å². The molecule has 2 rings (SSSR count). The lowest BCUT2D eigenvalue weighted by Gasteiger charge is -2.34. The van der Waals surface area contributed by atoms with Crippen molar-refractivity contribution in [2.75, 3.05) is 46.3 Å². The molecule has 0 saturated carbocycles. The van der Waals surface area contributed by atoms with Crippen molar-refractivity contribution in [2.24, 2.45) is 0 Å². The SMILES string of the molecule is CNCCN1CCN(NCc2cccc(Br)c2)CC1. The van der Waals surface area contributed by atoms with Gasteiger partial charge in [-0.25, -0.2) is 5.01 Å². The van der Waals surface area contributed by atoms with E-state index in [-0.39, 0.29) is 0 Å². The molecule has 0 bridgehead atoms. The first-order chi connectivity index (χ1) is 9.28. The third-order valence-corrected chi connectivity index (χ3v) is 3.94. The molecule has 0 aliphatic carbocycles. The van der Waals surface area contributed by atoms with Crippen molar-refractivity contribution >= 4 is 15.9 Å². The zero-order chi connectivity index (χ0) is 13.5. The maximum absolute atomic E-state index is 3.51. The topological polar surface area (TPSA) is 30.5 Å². The molecule has 1 aliphatic rings. The average molecular weight is 327 g/mol. The molecule has 0 atom stereocenters. The largest absolute Gasteiger partial charge is 0.318 e. The fraction of sp³-hybridized carbons (Fsp3) is 0.571. The summed E-state index contributed by atoms with van der Waals surface area (Å²) in [5.41, 5.74) is 4.82. The highest BCUT2D eigenvalue weighted by atomic mass is 79.9. The Balaban J connectivity index is 1.68. The van der Waals surface area contributed by atoms with Crippen LogP contribution in [0.5, 0.6) is 0 Å². The number of hydrogen-bond donors (Lipinski definition) is 2. The second-order valence-corrected chi connectivity index (χ2v) is 5.81. The van der Waals surface area contributed by atoms with Crippen LogP contribution in [-0.4, -0.2) is 56.2 Å². The zero-order valence-electron chi connectivity index (χ0n) is 11.5. The Morgan fingerprint density at radius 1 is 1.21 bits per heavy atom. The summed E-state index contributed by atoms with van der Waals surface area (Å²) in [6, 6.07) is 8.46. The number of halogens is 1. The van der Waals surface area contributed by atoms with Gasteiger partial charge in [-0.3, -0.25) is 10.3 Å². The lowest BCUT2D eigenvalue weighted by Crippen LogP contribution is -2.52. The fourth-order valence-electron chi connectivity index (χ4n) is 2.25. The van der Waals surface area contributed by atoms with Crippen LogP contribution in [0.4, 0.5) is 0 Å². The third-order valence-electron chi connectivity index (χ3n) is 3.45. The summed E-state index contributed by atoms with van der Waals surface area (Å²) in [5.74, 6) is 0. The van der Waals surface area contributed by atoms with E-state index in [2.05, 4.69) is 60.8 Å². The minimum atomic E-state index is 0.899. The van der Waals surface area contributed by atoms with E-state index in [1.54, 1.807) is 0 Å². The van der Waals surface area contributed by atoms with Gasteiger partial charge in [0.1, 0.15) is 0 Å². The van der Waals surface area contributed by atoms with E-state index in [9.17, 15) is 0 Å². The molecular formula is C14H23BrN4. The first-order valence-electron chi connectivity index (χ1n) is 6.88. The smallest absolute Gasteiger partial charge is 0.0353 e. The van der Waals surface area contributed by atoms with Crippen molar-refractivity contribution in [3.05, 3.63) is 34.3 Å². The normalized spacial score (nSPS) is 17.8. The number of likely N-dealkylation sites (N-methyl/N-ethyl adjacent to an activating group) is 1. The number of hydrazine groups is 1. The number of rotatable bonds is 6. The Morgan fingerprint density at radius 2 is 2.00 bits per heavy atom. The first-order valence-corrected chi connectivity index (χ1v) is 7.67. The van der Waals surface area contributed by atoms with Crippen LogP contribution in [0, 0.1) is 0 Å². The van der Waals surface area contributed by atoms with E-state index in [0.717, 1.165) is 50.3 Å². The summed E-state index contributed by atoms with van der Waals surface area (Å²) in [5, 5.41) is 5.53. The molecule has 0 radical (unpaired) electrons. The van der Waals surface area contributed by atoms with Crippen LogP contribution in [0.3, 0.4) is 0 Å². The summed E-state index contributed by atoms with van der Waals surface area (Å²) in [4.78, 5) is 2.51. The van der Waals surface area contributed by atoms with Gasteiger partial charge in [0.15, 0.2) is 0 Å². The van der Waals surface area contributed by atoms with Crippen molar-refractivity contribution in [2.45, 2.75) is 6.54 Å². The maximum Gasteiger partial charge on any atom is 0.0353 e. The molecule has 0 aromatic heterocycles. The van der Waals surface area contributed by atoms with E-state index in [0.29, 0.717) is 0 Å². The van der Waals surface area contributed by atoms with Gasteiger partial charge in [-0.05, 0) is 24.7 Å². The van der Waals surface area contributed by atoms with Gasteiger partial charge in [-0.15, -0.1) is 0 Å². The molecule has 4 nitrogen and oxygen atoms in total. The number of hydrogen-bond acceptors (Lipinski definition) is 4.